The van der Waals surface area contributed by atoms with Gasteiger partial charge in [-0.15, -0.1) is 0 Å². The molecule has 2 N–H and O–H groups in total. The Morgan fingerprint density at radius 1 is 1.06 bits per heavy atom. The summed E-state index contributed by atoms with van der Waals surface area (Å²) in [7, 11) is -3.75. The van der Waals surface area contributed by atoms with Gasteiger partial charge in [0.05, 0.1) is 15.7 Å². The summed E-state index contributed by atoms with van der Waals surface area (Å²) in [5.41, 5.74) is -1.16. The molecule has 2 aromatic carbocycles. The van der Waals surface area contributed by atoms with Gasteiger partial charge in [-0.2, -0.15) is 0 Å². The molecule has 0 radical (unpaired) electrons. The number of benzene rings is 2. The second-order valence-corrected chi connectivity index (χ2v) is 10.8. The minimum absolute atomic E-state index is 0.0167. The highest BCUT2D eigenvalue weighted by Crippen LogP contribution is 2.51. The van der Waals surface area contributed by atoms with Crippen LogP contribution >= 0.6 is 0 Å². The van der Waals surface area contributed by atoms with E-state index in [1.165, 1.54) is 24.3 Å². The fourth-order valence-corrected chi connectivity index (χ4v) is 6.77. The maximum atomic E-state index is 13.4. The summed E-state index contributed by atoms with van der Waals surface area (Å²) in [6.45, 7) is 1.77. The zero-order chi connectivity index (χ0) is 22.6. The summed E-state index contributed by atoms with van der Waals surface area (Å²) >= 11 is 0. The third-order valence-electron chi connectivity index (χ3n) is 6.72. The van der Waals surface area contributed by atoms with Crippen LogP contribution < -0.4 is 5.32 Å². The van der Waals surface area contributed by atoms with E-state index in [1.807, 2.05) is 0 Å². The maximum absolute atomic E-state index is 13.4. The molecule has 2 aromatic rings. The van der Waals surface area contributed by atoms with E-state index >= 15 is 0 Å². The van der Waals surface area contributed by atoms with Crippen LogP contribution in [0.4, 0.5) is 18.9 Å². The fourth-order valence-electron chi connectivity index (χ4n) is 4.86. The normalized spacial score (nSPS) is 27.8. The number of nitrogens with one attached hydrogen (secondary N) is 1. The van der Waals surface area contributed by atoms with Gasteiger partial charge in [-0.25, -0.2) is 21.6 Å². The predicted molar refractivity (Wildman–Crippen MR) is 108 cm³/mol. The summed E-state index contributed by atoms with van der Waals surface area (Å²) in [5.74, 6) is -5.49. The zero-order valence-electron chi connectivity index (χ0n) is 16.7. The Morgan fingerprint density at radius 2 is 1.65 bits per heavy atom. The van der Waals surface area contributed by atoms with Gasteiger partial charge in [-0.3, -0.25) is 4.79 Å². The van der Waals surface area contributed by atoms with Gasteiger partial charge in [-0.05, 0) is 62.6 Å². The molecule has 2 aliphatic rings. The molecular formula is C22H22F3NO4S. The first-order chi connectivity index (χ1) is 14.5. The van der Waals surface area contributed by atoms with E-state index in [4.69, 9.17) is 0 Å². The van der Waals surface area contributed by atoms with Gasteiger partial charge in [0, 0.05) is 23.4 Å². The minimum Gasteiger partial charge on any atom is -0.390 e. The molecule has 0 aliphatic heterocycles. The Kier molecular flexibility index (Phi) is 5.37. The second kappa shape index (κ2) is 7.63. The van der Waals surface area contributed by atoms with Gasteiger partial charge in [-0.1, -0.05) is 6.07 Å². The molecule has 0 aromatic heterocycles. The van der Waals surface area contributed by atoms with Crippen molar-refractivity contribution in [3.8, 4) is 0 Å². The molecule has 2 aliphatic carbocycles. The Bertz CT molecular complexity index is 1110. The molecule has 4 rings (SSSR count). The number of rotatable bonds is 4. The van der Waals surface area contributed by atoms with E-state index in [1.54, 1.807) is 6.92 Å². The van der Waals surface area contributed by atoms with Gasteiger partial charge >= 0.3 is 0 Å². The highest BCUT2D eigenvalue weighted by Gasteiger charge is 2.52. The van der Waals surface area contributed by atoms with E-state index in [9.17, 15) is 31.5 Å². The van der Waals surface area contributed by atoms with Crippen molar-refractivity contribution in [2.75, 3.05) is 5.32 Å². The van der Waals surface area contributed by atoms with Crippen molar-refractivity contribution >= 4 is 21.4 Å². The number of anilines is 1. The molecule has 2 unspecified atom stereocenters. The van der Waals surface area contributed by atoms with Crippen molar-refractivity contribution in [1.82, 2.24) is 0 Å². The van der Waals surface area contributed by atoms with Crippen LogP contribution in [0.1, 0.15) is 43.0 Å². The number of carbonyl (C=O) groups excluding carboxylic acids is 1. The van der Waals surface area contributed by atoms with Crippen LogP contribution in [0.5, 0.6) is 0 Å². The number of fused-ring (bicyclic) bond motifs is 2. The fraction of sp³-hybridized carbons (Fsp3) is 0.409. The van der Waals surface area contributed by atoms with Crippen LogP contribution in [-0.2, 0) is 9.84 Å². The van der Waals surface area contributed by atoms with Gasteiger partial charge < -0.3 is 10.4 Å². The number of hydrogen-bond donors (Lipinski definition) is 2. The van der Waals surface area contributed by atoms with Gasteiger partial charge in [0.1, 0.15) is 0 Å². The van der Waals surface area contributed by atoms with E-state index in [0.717, 1.165) is 12.8 Å². The lowest BCUT2D eigenvalue weighted by Crippen LogP contribution is -2.45. The topological polar surface area (TPSA) is 83.5 Å². The highest BCUT2D eigenvalue weighted by atomic mass is 32.2. The molecule has 9 heteroatoms. The van der Waals surface area contributed by atoms with Crippen molar-refractivity contribution in [2.45, 2.75) is 48.4 Å². The lowest BCUT2D eigenvalue weighted by Gasteiger charge is -2.39. The predicted octanol–water partition coefficient (Wildman–Crippen LogP) is 4.07. The second-order valence-electron chi connectivity index (χ2n) is 8.57. The molecule has 1 amide bonds. The molecule has 0 heterocycles. The number of sulfone groups is 1. The van der Waals surface area contributed by atoms with Crippen LogP contribution in [0.2, 0.25) is 0 Å². The Labute approximate surface area is 178 Å². The average molecular weight is 453 g/mol. The molecule has 2 bridgehead atoms. The maximum Gasteiger partial charge on any atom is 0.255 e. The average Bonchev–Trinajstić information content (AvgIpc) is 2.88. The van der Waals surface area contributed by atoms with Gasteiger partial charge in [0.25, 0.3) is 5.91 Å². The summed E-state index contributed by atoms with van der Waals surface area (Å²) in [6, 6.07) is 6.69. The van der Waals surface area contributed by atoms with Crippen molar-refractivity contribution in [3.05, 3.63) is 59.4 Å². The largest absolute Gasteiger partial charge is 0.390 e. The van der Waals surface area contributed by atoms with Crippen LogP contribution in [0.3, 0.4) is 0 Å². The molecule has 5 nitrogen and oxygen atoms in total. The Morgan fingerprint density at radius 3 is 2.23 bits per heavy atom. The van der Waals surface area contributed by atoms with Gasteiger partial charge in [0.2, 0.25) is 0 Å². The van der Waals surface area contributed by atoms with Crippen molar-refractivity contribution in [1.29, 1.82) is 0 Å². The number of aliphatic hydroxyl groups is 1. The molecule has 166 valence electrons. The van der Waals surface area contributed by atoms with Crippen LogP contribution in [0.15, 0.2) is 41.3 Å². The highest BCUT2D eigenvalue weighted by molar-refractivity contribution is 7.92. The first kappa shape index (κ1) is 21.8. The summed E-state index contributed by atoms with van der Waals surface area (Å²) < 4.78 is 66.3. The summed E-state index contributed by atoms with van der Waals surface area (Å²) in [5, 5.41) is 12.2. The Balaban J connectivity index is 1.56. The molecule has 2 fully saturated rings. The molecular weight excluding hydrogens is 431 g/mol. The zero-order valence-corrected chi connectivity index (χ0v) is 17.6. The van der Waals surface area contributed by atoms with Crippen molar-refractivity contribution in [3.63, 3.8) is 0 Å². The quantitative estimate of drug-likeness (QED) is 0.684. The summed E-state index contributed by atoms with van der Waals surface area (Å²) in [4.78, 5) is 12.5. The third-order valence-corrected chi connectivity index (χ3v) is 8.89. The molecule has 31 heavy (non-hydrogen) atoms. The van der Waals surface area contributed by atoms with E-state index < -0.39 is 44.0 Å². The van der Waals surface area contributed by atoms with Crippen molar-refractivity contribution in [2.24, 2.45) is 11.8 Å². The molecule has 2 saturated carbocycles. The van der Waals surface area contributed by atoms with Crippen LogP contribution in [0, 0.1) is 29.3 Å². The number of amides is 1. The number of carbonyl (C=O) groups is 1. The lowest BCUT2D eigenvalue weighted by atomic mass is 9.76. The van der Waals surface area contributed by atoms with Gasteiger partial charge in [0.15, 0.2) is 27.3 Å². The summed E-state index contributed by atoms with van der Waals surface area (Å²) in [6.07, 6.45) is 2.29. The number of halogens is 3. The number of hydrogen-bond acceptors (Lipinski definition) is 4. The molecule has 2 atom stereocenters. The minimum atomic E-state index is -3.75. The SMILES string of the molecule is C[C@]1(O)C2CCC1C[C@@H](S(=O)(=O)c1cccc(C(=O)Nc3cc(F)c(F)c(F)c3)c1)C2. The van der Waals surface area contributed by atoms with E-state index in [0.29, 0.717) is 25.0 Å². The lowest BCUT2D eigenvalue weighted by molar-refractivity contribution is -0.0413. The monoisotopic (exact) mass is 453 g/mol. The van der Waals surface area contributed by atoms with Crippen molar-refractivity contribution < 1.29 is 31.5 Å². The van der Waals surface area contributed by atoms with Crippen LogP contribution in [-0.4, -0.2) is 30.3 Å². The molecule has 0 spiro atoms. The third kappa shape index (κ3) is 3.85. The smallest absolute Gasteiger partial charge is 0.255 e. The van der Waals surface area contributed by atoms with E-state index in [-0.39, 0.29) is 28.0 Å². The first-order valence-corrected chi connectivity index (χ1v) is 11.6. The Hall–Kier alpha value is -2.39. The van der Waals surface area contributed by atoms with Crippen LogP contribution in [0.25, 0.3) is 0 Å². The van der Waals surface area contributed by atoms with E-state index in [2.05, 4.69) is 5.32 Å². The first-order valence-electron chi connectivity index (χ1n) is 10.0. The molecule has 0 saturated heterocycles. The standard InChI is InChI=1S/C22H22F3NO4S/c1-22(28)13-5-6-14(22)9-17(8-13)31(29,30)16-4-2-3-12(7-16)21(27)26-15-10-18(23)20(25)19(24)11-15/h2-4,7,10-11,13-14,17,28H,5-6,8-9H2,1H3,(H,26,27)/t13?,14?,17-,22-.